The smallest absolute Gasteiger partial charge is 0.265 e. The minimum absolute atomic E-state index is 0.188. The summed E-state index contributed by atoms with van der Waals surface area (Å²) in [6.07, 6.45) is 4.68. The first-order chi connectivity index (χ1) is 9.58. The molecule has 0 bridgehead atoms. The minimum atomic E-state index is -0.819. The molecule has 0 aliphatic carbocycles. The van der Waals surface area contributed by atoms with Crippen molar-refractivity contribution in [1.29, 1.82) is 0 Å². The molecule has 6 nitrogen and oxygen atoms in total. The molecule has 2 rings (SSSR count). The second-order valence-electron chi connectivity index (χ2n) is 4.79. The Morgan fingerprint density at radius 3 is 2.85 bits per heavy atom. The third kappa shape index (κ3) is 3.92. The molecule has 1 unspecified atom stereocenters. The predicted molar refractivity (Wildman–Crippen MR) is 83.9 cm³/mol. The Kier molecular flexibility index (Phi) is 5.36. The van der Waals surface area contributed by atoms with Gasteiger partial charge in [0.2, 0.25) is 0 Å². The number of nitrogens with two attached hydrogens (primary N) is 1. The van der Waals surface area contributed by atoms with E-state index < -0.39 is 10.8 Å². The molecular weight excluding hydrogens is 296 g/mol. The fourth-order valence-electron chi connectivity index (χ4n) is 2.08. The number of aromatic nitrogens is 1. The van der Waals surface area contributed by atoms with Gasteiger partial charge in [-0.25, -0.2) is 4.98 Å². The van der Waals surface area contributed by atoms with E-state index in [1.807, 2.05) is 0 Å². The Hall–Kier alpha value is -1.15. The van der Waals surface area contributed by atoms with Crippen LogP contribution in [-0.4, -0.2) is 46.7 Å². The number of carbonyl (C=O) groups is 1. The van der Waals surface area contributed by atoms with E-state index >= 15 is 0 Å². The van der Waals surface area contributed by atoms with E-state index in [0.717, 1.165) is 31.1 Å². The first-order valence-corrected chi connectivity index (χ1v) is 9.22. The number of nitrogen functional groups attached to an aromatic ring is 1. The lowest BCUT2D eigenvalue weighted by atomic mass is 10.4. The molecule has 1 amide bonds. The van der Waals surface area contributed by atoms with Gasteiger partial charge in [-0.2, -0.15) is 0 Å². The number of thiazole rings is 1. The van der Waals surface area contributed by atoms with Gasteiger partial charge in [-0.3, -0.25) is 9.00 Å². The van der Waals surface area contributed by atoms with Crippen molar-refractivity contribution in [2.45, 2.75) is 19.3 Å². The first kappa shape index (κ1) is 15.2. The Bertz CT molecular complexity index is 498. The summed E-state index contributed by atoms with van der Waals surface area (Å²) in [4.78, 5) is 18.9. The molecule has 3 N–H and O–H groups in total. The Labute approximate surface area is 125 Å². The highest BCUT2D eigenvalue weighted by Gasteiger charge is 2.21. The lowest BCUT2D eigenvalue weighted by molar-refractivity contribution is 0.0958. The third-order valence-corrected chi connectivity index (χ3v) is 5.11. The molecule has 0 saturated carbocycles. The monoisotopic (exact) mass is 316 g/mol. The van der Waals surface area contributed by atoms with Gasteiger partial charge in [-0.05, 0) is 19.3 Å². The maximum atomic E-state index is 12.0. The van der Waals surface area contributed by atoms with Crippen LogP contribution < -0.4 is 16.0 Å². The van der Waals surface area contributed by atoms with E-state index in [0.29, 0.717) is 29.4 Å². The highest BCUT2D eigenvalue weighted by molar-refractivity contribution is 7.84. The van der Waals surface area contributed by atoms with Crippen LogP contribution in [0.15, 0.2) is 0 Å². The molecule has 1 atom stereocenters. The van der Waals surface area contributed by atoms with Gasteiger partial charge in [0.15, 0.2) is 5.13 Å². The summed E-state index contributed by atoms with van der Waals surface area (Å²) in [6.45, 7) is 2.47. The van der Waals surface area contributed by atoms with Gasteiger partial charge < -0.3 is 16.0 Å². The fraction of sp³-hybridized carbons (Fsp3) is 0.667. The fourth-order valence-corrected chi connectivity index (χ4v) is 3.59. The highest BCUT2D eigenvalue weighted by Crippen LogP contribution is 2.30. The number of hydrogen-bond donors (Lipinski definition) is 2. The highest BCUT2D eigenvalue weighted by atomic mass is 32.2. The maximum Gasteiger partial charge on any atom is 0.265 e. The summed E-state index contributed by atoms with van der Waals surface area (Å²) >= 11 is 1.35. The number of rotatable bonds is 6. The van der Waals surface area contributed by atoms with Crippen molar-refractivity contribution in [2.75, 3.05) is 42.3 Å². The first-order valence-electron chi connectivity index (χ1n) is 6.67. The van der Waals surface area contributed by atoms with Crippen molar-refractivity contribution >= 4 is 39.0 Å². The van der Waals surface area contributed by atoms with E-state index in [1.165, 1.54) is 11.3 Å². The largest absolute Gasteiger partial charge is 0.382 e. The Morgan fingerprint density at radius 2 is 2.20 bits per heavy atom. The SMILES string of the molecule is CS(=O)CCCNC(=O)c1sc(N2CCCC2)nc1N. The molecular formula is C12H20N4O2S2. The van der Waals surface area contributed by atoms with E-state index in [2.05, 4.69) is 15.2 Å². The van der Waals surface area contributed by atoms with Crippen molar-refractivity contribution < 1.29 is 9.00 Å². The molecule has 1 fully saturated rings. The lowest BCUT2D eigenvalue weighted by Gasteiger charge is -2.11. The number of carbonyl (C=O) groups excluding carboxylic acids is 1. The number of hydrogen-bond acceptors (Lipinski definition) is 6. The summed E-state index contributed by atoms with van der Waals surface area (Å²) < 4.78 is 10.9. The maximum absolute atomic E-state index is 12.0. The third-order valence-electron chi connectivity index (χ3n) is 3.12. The van der Waals surface area contributed by atoms with Crippen LogP contribution in [-0.2, 0) is 10.8 Å². The average Bonchev–Trinajstić information content (AvgIpc) is 3.02. The van der Waals surface area contributed by atoms with Gasteiger partial charge in [0.05, 0.1) is 0 Å². The quantitative estimate of drug-likeness (QED) is 0.759. The molecule has 1 aromatic rings. The average molecular weight is 316 g/mol. The zero-order valence-electron chi connectivity index (χ0n) is 11.6. The van der Waals surface area contributed by atoms with Crippen LogP contribution in [0.25, 0.3) is 0 Å². The molecule has 1 aromatic heterocycles. The van der Waals surface area contributed by atoms with Crippen molar-refractivity contribution in [3.05, 3.63) is 4.88 Å². The minimum Gasteiger partial charge on any atom is -0.382 e. The van der Waals surface area contributed by atoms with Crippen LogP contribution in [0.4, 0.5) is 10.9 Å². The summed E-state index contributed by atoms with van der Waals surface area (Å²) in [6, 6.07) is 0. The molecule has 0 radical (unpaired) electrons. The van der Waals surface area contributed by atoms with E-state index in [1.54, 1.807) is 6.26 Å². The molecule has 1 aliphatic heterocycles. The van der Waals surface area contributed by atoms with Crippen LogP contribution in [0.5, 0.6) is 0 Å². The van der Waals surface area contributed by atoms with Crippen molar-refractivity contribution in [3.63, 3.8) is 0 Å². The number of nitrogens with one attached hydrogen (secondary N) is 1. The van der Waals surface area contributed by atoms with E-state index in [9.17, 15) is 9.00 Å². The second-order valence-corrected chi connectivity index (χ2v) is 7.32. The Balaban J connectivity index is 1.90. The molecule has 0 aromatic carbocycles. The van der Waals surface area contributed by atoms with Crippen LogP contribution in [0.2, 0.25) is 0 Å². The molecule has 1 aliphatic rings. The lowest BCUT2D eigenvalue weighted by Crippen LogP contribution is -2.25. The molecule has 2 heterocycles. The van der Waals surface area contributed by atoms with Crippen LogP contribution in [0.3, 0.4) is 0 Å². The summed E-state index contributed by atoms with van der Waals surface area (Å²) in [5.74, 6) is 0.707. The molecule has 112 valence electrons. The number of amides is 1. The van der Waals surface area contributed by atoms with Crippen LogP contribution in [0, 0.1) is 0 Å². The van der Waals surface area contributed by atoms with Gasteiger partial charge in [0, 0.05) is 42.4 Å². The topological polar surface area (TPSA) is 88.3 Å². The normalized spacial score (nSPS) is 16.4. The van der Waals surface area contributed by atoms with Crippen LogP contribution >= 0.6 is 11.3 Å². The number of nitrogens with zero attached hydrogens (tertiary/aromatic N) is 2. The van der Waals surface area contributed by atoms with Gasteiger partial charge in [0.1, 0.15) is 10.7 Å². The van der Waals surface area contributed by atoms with Crippen LogP contribution in [0.1, 0.15) is 28.9 Å². The van der Waals surface area contributed by atoms with Crippen molar-refractivity contribution in [1.82, 2.24) is 10.3 Å². The summed E-state index contributed by atoms with van der Waals surface area (Å²) in [5, 5.41) is 3.63. The van der Waals surface area contributed by atoms with Crippen molar-refractivity contribution in [2.24, 2.45) is 0 Å². The predicted octanol–water partition coefficient (Wildman–Crippen LogP) is 0.824. The van der Waals surface area contributed by atoms with E-state index in [4.69, 9.17) is 5.73 Å². The zero-order valence-corrected chi connectivity index (χ0v) is 13.2. The molecule has 0 spiro atoms. The van der Waals surface area contributed by atoms with Gasteiger partial charge in [-0.15, -0.1) is 0 Å². The summed E-state index contributed by atoms with van der Waals surface area (Å²) in [5.41, 5.74) is 5.83. The van der Waals surface area contributed by atoms with Gasteiger partial charge in [0.25, 0.3) is 5.91 Å². The molecule has 1 saturated heterocycles. The summed E-state index contributed by atoms with van der Waals surface area (Å²) in [7, 11) is -0.819. The molecule has 20 heavy (non-hydrogen) atoms. The Morgan fingerprint density at radius 1 is 1.50 bits per heavy atom. The number of anilines is 2. The van der Waals surface area contributed by atoms with E-state index in [-0.39, 0.29) is 5.91 Å². The standard InChI is InChI=1S/C12H20N4O2S2/c1-20(18)8-4-5-14-11(17)9-10(13)15-12(19-9)16-6-2-3-7-16/h2-8,13H2,1H3,(H,14,17). The molecule has 8 heteroatoms. The second kappa shape index (κ2) is 7.03. The van der Waals surface area contributed by atoms with Gasteiger partial charge in [-0.1, -0.05) is 11.3 Å². The van der Waals surface area contributed by atoms with Gasteiger partial charge >= 0.3 is 0 Å². The van der Waals surface area contributed by atoms with Crippen molar-refractivity contribution in [3.8, 4) is 0 Å². The zero-order chi connectivity index (χ0) is 14.5.